The summed E-state index contributed by atoms with van der Waals surface area (Å²) in [5.41, 5.74) is 2.66. The molecule has 3 aromatic rings. The minimum atomic E-state index is -0.416. The van der Waals surface area contributed by atoms with E-state index in [1.54, 1.807) is 12.1 Å². The lowest BCUT2D eigenvalue weighted by Crippen LogP contribution is -2.31. The van der Waals surface area contributed by atoms with Crippen molar-refractivity contribution in [1.82, 2.24) is 14.3 Å². The van der Waals surface area contributed by atoms with E-state index in [1.165, 1.54) is 6.07 Å². The van der Waals surface area contributed by atoms with Crippen LogP contribution in [-0.4, -0.2) is 45.4 Å². The van der Waals surface area contributed by atoms with Gasteiger partial charge in [-0.05, 0) is 30.7 Å². The standard InChI is InChI=1S/C20H19ClN6O2/c21-16-3-5-20-23-17(14-26(20)12-16)13-24-6-1-7-25(9-8-24)18-4-2-15(11-22)10-19(18)27(28)29/h2-5,10,12,14H,1,6-9,13H2. The first-order chi connectivity index (χ1) is 14.0. The van der Waals surface area contributed by atoms with Crippen LogP contribution in [0.1, 0.15) is 17.7 Å². The molecule has 0 bridgehead atoms. The van der Waals surface area contributed by atoms with Gasteiger partial charge in [-0.2, -0.15) is 5.26 Å². The zero-order chi connectivity index (χ0) is 20.4. The van der Waals surface area contributed by atoms with Crippen LogP contribution in [-0.2, 0) is 6.54 Å². The number of nitro groups is 1. The molecular weight excluding hydrogens is 392 g/mol. The molecule has 1 aliphatic rings. The molecule has 0 radical (unpaired) electrons. The van der Waals surface area contributed by atoms with Crippen LogP contribution in [0.2, 0.25) is 5.02 Å². The average molecular weight is 411 g/mol. The number of nitro benzene ring substituents is 1. The zero-order valence-corrected chi connectivity index (χ0v) is 16.4. The molecule has 0 saturated carbocycles. The monoisotopic (exact) mass is 410 g/mol. The molecule has 29 heavy (non-hydrogen) atoms. The Kier molecular flexibility index (Phi) is 5.34. The number of hydrogen-bond donors (Lipinski definition) is 0. The number of pyridine rings is 1. The Bertz CT molecular complexity index is 1110. The zero-order valence-electron chi connectivity index (χ0n) is 15.7. The third-order valence-electron chi connectivity index (χ3n) is 5.08. The highest BCUT2D eigenvalue weighted by molar-refractivity contribution is 6.30. The quantitative estimate of drug-likeness (QED) is 0.483. The molecule has 0 amide bonds. The highest BCUT2D eigenvalue weighted by Gasteiger charge is 2.23. The lowest BCUT2D eigenvalue weighted by Gasteiger charge is -2.23. The van der Waals surface area contributed by atoms with Gasteiger partial charge in [-0.25, -0.2) is 4.98 Å². The molecule has 1 aliphatic heterocycles. The fourth-order valence-electron chi connectivity index (χ4n) is 3.70. The molecule has 8 nitrogen and oxygen atoms in total. The number of benzene rings is 1. The second-order valence-corrected chi connectivity index (χ2v) is 7.47. The Morgan fingerprint density at radius 1 is 1.17 bits per heavy atom. The van der Waals surface area contributed by atoms with E-state index < -0.39 is 4.92 Å². The second-order valence-electron chi connectivity index (χ2n) is 7.03. The van der Waals surface area contributed by atoms with Gasteiger partial charge < -0.3 is 9.30 Å². The van der Waals surface area contributed by atoms with Gasteiger partial charge in [0.1, 0.15) is 11.3 Å². The van der Waals surface area contributed by atoms with Gasteiger partial charge in [0.05, 0.1) is 27.3 Å². The van der Waals surface area contributed by atoms with Gasteiger partial charge in [0, 0.05) is 51.2 Å². The summed E-state index contributed by atoms with van der Waals surface area (Å²) in [4.78, 5) is 20.0. The number of halogens is 1. The Labute approximate surface area is 172 Å². The fraction of sp³-hybridized carbons (Fsp3) is 0.300. The number of anilines is 1. The number of aromatic nitrogens is 2. The summed E-state index contributed by atoms with van der Waals surface area (Å²) in [6.07, 6.45) is 4.70. The third kappa shape index (κ3) is 4.16. The fourth-order valence-corrected chi connectivity index (χ4v) is 3.87. The highest BCUT2D eigenvalue weighted by atomic mass is 35.5. The molecule has 148 valence electrons. The third-order valence-corrected chi connectivity index (χ3v) is 5.30. The van der Waals surface area contributed by atoms with Crippen LogP contribution in [0.4, 0.5) is 11.4 Å². The van der Waals surface area contributed by atoms with E-state index in [4.69, 9.17) is 16.9 Å². The molecule has 0 atom stereocenters. The number of rotatable bonds is 4. The van der Waals surface area contributed by atoms with Crippen LogP contribution in [0.25, 0.3) is 5.65 Å². The van der Waals surface area contributed by atoms with Crippen LogP contribution < -0.4 is 4.90 Å². The molecule has 0 aliphatic carbocycles. The molecule has 1 saturated heterocycles. The van der Waals surface area contributed by atoms with Gasteiger partial charge in [0.2, 0.25) is 0 Å². The molecule has 1 fully saturated rings. The van der Waals surface area contributed by atoms with Crippen LogP contribution in [0, 0.1) is 21.4 Å². The van der Waals surface area contributed by atoms with E-state index in [9.17, 15) is 10.1 Å². The SMILES string of the molecule is N#Cc1ccc(N2CCCN(Cc3cn4cc(Cl)ccc4n3)CC2)c([N+](=O)[O-])c1. The first-order valence-electron chi connectivity index (χ1n) is 9.32. The van der Waals surface area contributed by atoms with E-state index in [1.807, 2.05) is 39.9 Å². The normalized spacial score (nSPS) is 15.2. The molecular formula is C20H19ClN6O2. The average Bonchev–Trinajstić information content (AvgIpc) is 2.95. The number of nitrogens with zero attached hydrogens (tertiary/aromatic N) is 6. The maximum absolute atomic E-state index is 11.5. The molecule has 9 heteroatoms. The minimum absolute atomic E-state index is 0.0188. The van der Waals surface area contributed by atoms with Gasteiger partial charge >= 0.3 is 0 Å². The van der Waals surface area contributed by atoms with E-state index in [-0.39, 0.29) is 5.69 Å². The Morgan fingerprint density at radius 3 is 2.83 bits per heavy atom. The predicted octanol–water partition coefficient (Wildman–Crippen LogP) is 3.48. The van der Waals surface area contributed by atoms with E-state index >= 15 is 0 Å². The topological polar surface area (TPSA) is 90.7 Å². The molecule has 4 rings (SSSR count). The van der Waals surface area contributed by atoms with Gasteiger partial charge in [0.15, 0.2) is 0 Å². The minimum Gasteiger partial charge on any atom is -0.365 e. The van der Waals surface area contributed by atoms with Crippen molar-refractivity contribution in [2.24, 2.45) is 0 Å². The van der Waals surface area contributed by atoms with Gasteiger partial charge in [-0.3, -0.25) is 15.0 Å². The number of hydrogen-bond acceptors (Lipinski definition) is 6. The van der Waals surface area contributed by atoms with Gasteiger partial charge in [-0.1, -0.05) is 11.6 Å². The highest BCUT2D eigenvalue weighted by Crippen LogP contribution is 2.30. The van der Waals surface area contributed by atoms with Crippen molar-refractivity contribution in [1.29, 1.82) is 5.26 Å². The lowest BCUT2D eigenvalue weighted by atomic mass is 10.1. The summed E-state index contributed by atoms with van der Waals surface area (Å²) in [7, 11) is 0. The van der Waals surface area contributed by atoms with E-state index in [0.717, 1.165) is 37.4 Å². The summed E-state index contributed by atoms with van der Waals surface area (Å²) < 4.78 is 1.92. The van der Waals surface area contributed by atoms with Crippen molar-refractivity contribution in [2.75, 3.05) is 31.1 Å². The number of imidazole rings is 1. The van der Waals surface area contributed by atoms with Crippen molar-refractivity contribution < 1.29 is 4.92 Å². The molecule has 0 spiro atoms. The maximum Gasteiger partial charge on any atom is 0.293 e. The maximum atomic E-state index is 11.5. The van der Waals surface area contributed by atoms with Crippen LogP contribution in [0.3, 0.4) is 0 Å². The van der Waals surface area contributed by atoms with Gasteiger partial charge in [0.25, 0.3) is 5.69 Å². The molecule has 0 N–H and O–H groups in total. The Morgan fingerprint density at radius 2 is 2.03 bits per heavy atom. The second kappa shape index (κ2) is 8.07. The smallest absolute Gasteiger partial charge is 0.293 e. The van der Waals surface area contributed by atoms with Crippen molar-refractivity contribution in [3.63, 3.8) is 0 Å². The first-order valence-corrected chi connectivity index (χ1v) is 9.70. The van der Waals surface area contributed by atoms with E-state index in [2.05, 4.69) is 9.88 Å². The van der Waals surface area contributed by atoms with Crippen molar-refractivity contribution in [3.05, 3.63) is 69.1 Å². The number of fused-ring (bicyclic) bond motifs is 1. The van der Waals surface area contributed by atoms with Crippen LogP contribution in [0.5, 0.6) is 0 Å². The molecule has 2 aromatic heterocycles. The largest absolute Gasteiger partial charge is 0.365 e. The molecule has 1 aromatic carbocycles. The first kappa shape index (κ1) is 19.2. The van der Waals surface area contributed by atoms with Crippen molar-refractivity contribution in [3.8, 4) is 6.07 Å². The van der Waals surface area contributed by atoms with Crippen LogP contribution in [0.15, 0.2) is 42.7 Å². The van der Waals surface area contributed by atoms with Gasteiger partial charge in [-0.15, -0.1) is 0 Å². The summed E-state index contributed by atoms with van der Waals surface area (Å²) in [6.45, 7) is 3.76. The molecule has 0 unspecified atom stereocenters. The Balaban J connectivity index is 1.48. The summed E-state index contributed by atoms with van der Waals surface area (Å²) in [5.74, 6) is 0. The summed E-state index contributed by atoms with van der Waals surface area (Å²) >= 11 is 6.04. The summed E-state index contributed by atoms with van der Waals surface area (Å²) in [5, 5.41) is 21.2. The lowest BCUT2D eigenvalue weighted by molar-refractivity contribution is -0.384. The van der Waals surface area contributed by atoms with Crippen molar-refractivity contribution >= 4 is 28.6 Å². The molecule has 3 heterocycles. The Hall–Kier alpha value is -3.15. The number of nitriles is 1. The van der Waals surface area contributed by atoms with Crippen molar-refractivity contribution in [2.45, 2.75) is 13.0 Å². The van der Waals surface area contributed by atoms with E-state index in [0.29, 0.717) is 29.4 Å². The summed E-state index contributed by atoms with van der Waals surface area (Å²) in [6, 6.07) is 10.3. The predicted molar refractivity (Wildman–Crippen MR) is 110 cm³/mol. The van der Waals surface area contributed by atoms with Crippen LogP contribution >= 0.6 is 11.6 Å².